The van der Waals surface area contributed by atoms with Gasteiger partial charge in [0.25, 0.3) is 5.96 Å². The fraction of sp³-hybridized carbons (Fsp3) is 0.222. The van der Waals surface area contributed by atoms with E-state index < -0.39 is 6.09 Å². The second-order valence-corrected chi connectivity index (χ2v) is 6.13. The lowest BCUT2D eigenvalue weighted by molar-refractivity contribution is 0.168. The van der Waals surface area contributed by atoms with Crippen molar-refractivity contribution in [1.29, 1.82) is 0 Å². The van der Waals surface area contributed by atoms with Gasteiger partial charge in [0.05, 0.1) is 22.8 Å². The molecule has 30 heavy (non-hydrogen) atoms. The number of anilines is 1. The van der Waals surface area contributed by atoms with Crippen LogP contribution in [0.5, 0.6) is 6.01 Å². The molecule has 3 rings (SSSR count). The Bertz CT molecular complexity index is 1110. The van der Waals surface area contributed by atoms with E-state index >= 15 is 0 Å². The summed E-state index contributed by atoms with van der Waals surface area (Å²) in [7, 11) is 1.54. The fourth-order valence-corrected chi connectivity index (χ4v) is 2.83. The minimum atomic E-state index is -0.588. The smallest absolute Gasteiger partial charge is 0.412 e. The van der Waals surface area contributed by atoms with Crippen molar-refractivity contribution < 1.29 is 14.3 Å². The van der Waals surface area contributed by atoms with Crippen LogP contribution in [0.15, 0.2) is 51.7 Å². The van der Waals surface area contributed by atoms with Gasteiger partial charge in [0.2, 0.25) is 0 Å². The zero-order valence-corrected chi connectivity index (χ0v) is 17.0. The van der Waals surface area contributed by atoms with Gasteiger partial charge < -0.3 is 15.3 Å². The molecule has 0 aliphatic carbocycles. The van der Waals surface area contributed by atoms with Crippen LogP contribution in [0.2, 0.25) is 5.02 Å². The van der Waals surface area contributed by atoms with Crippen LogP contribution in [0, 0.1) is 0 Å². The van der Waals surface area contributed by atoms with E-state index in [1.165, 1.54) is 11.6 Å². The molecule has 1 amide bonds. The van der Waals surface area contributed by atoms with Crippen molar-refractivity contribution >= 4 is 40.5 Å². The average Bonchev–Trinajstić information content (AvgIpc) is 3.10. The number of aliphatic imine (C=N–C) groups is 1. The first kappa shape index (κ1) is 21.0. The summed E-state index contributed by atoms with van der Waals surface area (Å²) in [5.41, 5.74) is 1.67. The first-order valence-corrected chi connectivity index (χ1v) is 9.22. The van der Waals surface area contributed by atoms with Gasteiger partial charge in [-0.2, -0.15) is 4.98 Å². The summed E-state index contributed by atoms with van der Waals surface area (Å²) in [6.45, 7) is 2.03. The topological polar surface area (TPSA) is 141 Å². The predicted molar refractivity (Wildman–Crippen MR) is 112 cm³/mol. The second kappa shape index (κ2) is 9.65. The van der Waals surface area contributed by atoms with Gasteiger partial charge in [-0.1, -0.05) is 34.1 Å². The van der Waals surface area contributed by atoms with Gasteiger partial charge in [0, 0.05) is 7.05 Å². The largest absolute Gasteiger partial charge is 0.458 e. The molecule has 0 unspecified atom stereocenters. The fourth-order valence-electron chi connectivity index (χ4n) is 2.61. The summed E-state index contributed by atoms with van der Waals surface area (Å²) in [5, 5.41) is 10.1. The van der Waals surface area contributed by atoms with Gasteiger partial charge >= 0.3 is 12.1 Å². The predicted octanol–water partition coefficient (Wildman–Crippen LogP) is 3.39. The van der Waals surface area contributed by atoms with Crippen molar-refractivity contribution in [2.75, 3.05) is 19.0 Å². The lowest BCUT2D eigenvalue weighted by Crippen LogP contribution is -2.15. The van der Waals surface area contributed by atoms with Gasteiger partial charge in [-0.3, -0.25) is 10.3 Å². The van der Waals surface area contributed by atoms with Crippen LogP contribution < -0.4 is 15.9 Å². The number of hydrogen-bond donors (Lipinski definition) is 2. The van der Waals surface area contributed by atoms with Crippen LogP contribution in [0.25, 0.3) is 11.0 Å². The number of ether oxygens (including phenoxy) is 2. The number of nitrogens with one attached hydrogen (secondary N) is 1. The second-order valence-electron chi connectivity index (χ2n) is 5.72. The molecular formula is C18H19ClN8O3. The third-order valence-corrected chi connectivity index (χ3v) is 4.12. The van der Waals surface area contributed by atoms with Crippen LogP contribution in [0.3, 0.4) is 0 Å². The monoisotopic (exact) mass is 430 g/mol. The molecule has 0 saturated carbocycles. The maximum atomic E-state index is 11.6. The Labute approximate surface area is 176 Å². The Kier molecular flexibility index (Phi) is 6.75. The number of aromatic nitrogens is 3. The molecule has 0 atom stereocenters. The molecule has 11 nitrogen and oxygen atoms in total. The van der Waals surface area contributed by atoms with Gasteiger partial charge in [-0.15, -0.1) is 0 Å². The average molecular weight is 431 g/mol. The molecular weight excluding hydrogens is 412 g/mol. The number of halogens is 1. The number of hydrogen-bond acceptors (Lipinski definition) is 7. The molecule has 0 saturated heterocycles. The molecule has 2 heterocycles. The van der Waals surface area contributed by atoms with E-state index in [1.807, 2.05) is 0 Å². The Balaban J connectivity index is 1.89. The molecule has 156 valence electrons. The molecule has 0 aliphatic rings. The summed E-state index contributed by atoms with van der Waals surface area (Å²) in [6, 6.07) is 10.6. The summed E-state index contributed by atoms with van der Waals surface area (Å²) in [4.78, 5) is 24.4. The Morgan fingerprint density at radius 3 is 2.80 bits per heavy atom. The van der Waals surface area contributed by atoms with Crippen LogP contribution in [-0.4, -0.2) is 40.2 Å². The van der Waals surface area contributed by atoms with E-state index in [-0.39, 0.29) is 25.2 Å². The number of amides is 1. The maximum Gasteiger partial charge on any atom is 0.412 e. The minimum absolute atomic E-state index is 0.0516. The molecule has 0 fully saturated rings. The number of fused-ring (bicyclic) bond motifs is 1. The maximum absolute atomic E-state index is 11.6. The molecule has 3 aromatic rings. The summed E-state index contributed by atoms with van der Waals surface area (Å²) >= 11 is 6.26. The van der Waals surface area contributed by atoms with Crippen LogP contribution >= 0.6 is 11.6 Å². The Morgan fingerprint density at radius 2 is 2.07 bits per heavy atom. The molecule has 0 spiro atoms. The molecule has 12 heteroatoms. The highest BCUT2D eigenvalue weighted by Crippen LogP contribution is 2.28. The third kappa shape index (κ3) is 4.63. The van der Waals surface area contributed by atoms with Crippen molar-refractivity contribution in [3.05, 3.63) is 47.1 Å². The molecule has 1 aromatic carbocycles. The number of carbonyl (C=O) groups excluding carboxylic acids is 1. The number of rotatable bonds is 5. The van der Waals surface area contributed by atoms with E-state index in [4.69, 9.17) is 26.9 Å². The SMILES string of the molecule is CCOC(=O)Nc1cccc(COc2nc3c(Cl)cccc3n2C(=NC)/N=N\N)n1. The molecule has 0 aliphatic heterocycles. The zero-order chi connectivity index (χ0) is 21.5. The lowest BCUT2D eigenvalue weighted by Gasteiger charge is -2.09. The summed E-state index contributed by atoms with van der Waals surface area (Å²) in [5.74, 6) is 5.70. The van der Waals surface area contributed by atoms with E-state index in [1.54, 1.807) is 43.3 Å². The number of imidazole rings is 1. The van der Waals surface area contributed by atoms with E-state index in [2.05, 4.69) is 30.6 Å². The zero-order valence-electron chi connectivity index (χ0n) is 16.2. The van der Waals surface area contributed by atoms with Gasteiger partial charge in [0.1, 0.15) is 17.9 Å². The van der Waals surface area contributed by atoms with Crippen molar-refractivity contribution in [3.63, 3.8) is 0 Å². The molecule has 3 N–H and O–H groups in total. The number of nitrogens with zero attached hydrogens (tertiary/aromatic N) is 6. The summed E-state index contributed by atoms with van der Waals surface area (Å²) < 4.78 is 12.3. The Morgan fingerprint density at radius 1 is 1.27 bits per heavy atom. The summed E-state index contributed by atoms with van der Waals surface area (Å²) in [6.07, 6.45) is -0.588. The van der Waals surface area contributed by atoms with Crippen molar-refractivity contribution in [2.24, 2.45) is 21.2 Å². The molecule has 2 aromatic heterocycles. The standard InChI is InChI=1S/C18H19ClN8O3/c1-3-29-18(28)23-14-9-4-6-11(22-14)10-30-17-24-15-12(19)7-5-8-13(15)27(17)16(21-2)25-26-20/h4-9H,3,10H2,1-2H3,(H2,20,21,25)(H,22,23,28). The quantitative estimate of drug-likeness (QED) is 0.209. The highest BCUT2D eigenvalue weighted by atomic mass is 35.5. The van der Waals surface area contributed by atoms with Crippen LogP contribution in [0.4, 0.5) is 10.6 Å². The lowest BCUT2D eigenvalue weighted by atomic mass is 10.3. The van der Waals surface area contributed by atoms with E-state index in [0.717, 1.165) is 0 Å². The number of nitrogens with two attached hydrogens (primary N) is 1. The van der Waals surface area contributed by atoms with Crippen LogP contribution in [-0.2, 0) is 11.3 Å². The number of pyridine rings is 1. The van der Waals surface area contributed by atoms with Gasteiger partial charge in [-0.05, 0) is 31.2 Å². The molecule has 0 bridgehead atoms. The highest BCUT2D eigenvalue weighted by Gasteiger charge is 2.18. The van der Waals surface area contributed by atoms with Crippen molar-refractivity contribution in [1.82, 2.24) is 14.5 Å². The first-order valence-electron chi connectivity index (χ1n) is 8.85. The van der Waals surface area contributed by atoms with E-state index in [0.29, 0.717) is 27.6 Å². The van der Waals surface area contributed by atoms with E-state index in [9.17, 15) is 4.79 Å². The minimum Gasteiger partial charge on any atom is -0.458 e. The number of benzene rings is 1. The van der Waals surface area contributed by atoms with Crippen molar-refractivity contribution in [3.8, 4) is 6.01 Å². The third-order valence-electron chi connectivity index (χ3n) is 3.81. The number of para-hydroxylation sites is 1. The Hall–Kier alpha value is -3.73. The van der Waals surface area contributed by atoms with Gasteiger partial charge in [0.15, 0.2) is 0 Å². The number of carbonyl (C=O) groups is 1. The van der Waals surface area contributed by atoms with Crippen molar-refractivity contribution in [2.45, 2.75) is 13.5 Å². The highest BCUT2D eigenvalue weighted by molar-refractivity contribution is 6.35. The van der Waals surface area contributed by atoms with Crippen LogP contribution in [0.1, 0.15) is 12.6 Å². The van der Waals surface area contributed by atoms with Gasteiger partial charge in [-0.25, -0.2) is 14.3 Å². The first-order chi connectivity index (χ1) is 14.6. The normalized spacial score (nSPS) is 11.8. The molecule has 0 radical (unpaired) electrons.